The van der Waals surface area contributed by atoms with Gasteiger partial charge in [-0.15, -0.1) is 12.4 Å². The van der Waals surface area contributed by atoms with Crippen molar-refractivity contribution in [3.63, 3.8) is 0 Å². The van der Waals surface area contributed by atoms with Crippen LogP contribution in [-0.4, -0.2) is 26.9 Å². The van der Waals surface area contributed by atoms with E-state index in [1.807, 2.05) is 31.2 Å². The van der Waals surface area contributed by atoms with Gasteiger partial charge in [-0.05, 0) is 55.3 Å². The van der Waals surface area contributed by atoms with Gasteiger partial charge in [0.05, 0.1) is 17.2 Å². The highest BCUT2D eigenvalue weighted by Crippen LogP contribution is 2.29. The molecule has 0 fully saturated rings. The minimum atomic E-state index is 0. The Balaban J connectivity index is 0.00000364. The van der Waals surface area contributed by atoms with Gasteiger partial charge in [0.2, 0.25) is 0 Å². The normalized spacial score (nSPS) is 10.4. The predicted octanol–water partition coefficient (Wildman–Crippen LogP) is 5.52. The predicted molar refractivity (Wildman–Crippen MR) is 114 cm³/mol. The number of ether oxygens (including phenoxy) is 3. The van der Waals surface area contributed by atoms with E-state index in [-0.39, 0.29) is 12.4 Å². The van der Waals surface area contributed by atoms with Gasteiger partial charge in [0.25, 0.3) is 0 Å². The van der Waals surface area contributed by atoms with Crippen molar-refractivity contribution in [1.29, 1.82) is 0 Å². The van der Waals surface area contributed by atoms with E-state index in [1.54, 1.807) is 19.2 Å². The van der Waals surface area contributed by atoms with Gasteiger partial charge in [-0.3, -0.25) is 0 Å². The van der Waals surface area contributed by atoms with Gasteiger partial charge in [-0.25, -0.2) is 0 Å². The number of benzene rings is 2. The molecule has 0 aromatic heterocycles. The Morgan fingerprint density at radius 2 is 1.74 bits per heavy atom. The minimum absolute atomic E-state index is 0. The van der Waals surface area contributed by atoms with Crippen LogP contribution in [0.2, 0.25) is 10.0 Å². The fourth-order valence-corrected chi connectivity index (χ4v) is 2.73. The number of hydrogen-bond acceptors (Lipinski definition) is 4. The second-order valence-corrected chi connectivity index (χ2v) is 6.56. The summed E-state index contributed by atoms with van der Waals surface area (Å²) in [5, 5.41) is 4.45. The van der Waals surface area contributed by atoms with Gasteiger partial charge in [0.1, 0.15) is 6.61 Å². The van der Waals surface area contributed by atoms with Crippen LogP contribution in [0.5, 0.6) is 11.5 Å². The van der Waals surface area contributed by atoms with Gasteiger partial charge >= 0.3 is 0 Å². The van der Waals surface area contributed by atoms with Gasteiger partial charge in [-0.1, -0.05) is 35.3 Å². The van der Waals surface area contributed by atoms with E-state index in [9.17, 15) is 0 Å². The molecule has 4 nitrogen and oxygen atoms in total. The molecule has 0 bridgehead atoms. The first-order valence-corrected chi connectivity index (χ1v) is 9.41. The summed E-state index contributed by atoms with van der Waals surface area (Å²) in [7, 11) is 1.64. The average Bonchev–Trinajstić information content (AvgIpc) is 2.66. The quantitative estimate of drug-likeness (QED) is 0.473. The molecular weight excluding hydrogens is 409 g/mol. The number of methoxy groups -OCH3 is 1. The second-order valence-electron chi connectivity index (χ2n) is 5.75. The van der Waals surface area contributed by atoms with Crippen molar-refractivity contribution in [2.45, 2.75) is 26.5 Å². The summed E-state index contributed by atoms with van der Waals surface area (Å²) >= 11 is 12.0. The third kappa shape index (κ3) is 8.16. The Morgan fingerprint density at radius 1 is 0.963 bits per heavy atom. The van der Waals surface area contributed by atoms with Crippen molar-refractivity contribution < 1.29 is 14.2 Å². The molecule has 0 saturated heterocycles. The monoisotopic (exact) mass is 433 g/mol. The highest BCUT2D eigenvalue weighted by Gasteiger charge is 2.07. The smallest absolute Gasteiger partial charge is 0.161 e. The van der Waals surface area contributed by atoms with Crippen LogP contribution in [0.3, 0.4) is 0 Å². The largest absolute Gasteiger partial charge is 0.493 e. The van der Waals surface area contributed by atoms with Crippen LogP contribution in [0.4, 0.5) is 0 Å². The molecule has 2 rings (SSSR count). The van der Waals surface area contributed by atoms with Crippen molar-refractivity contribution in [3.8, 4) is 11.5 Å². The van der Waals surface area contributed by atoms with Crippen LogP contribution in [0.15, 0.2) is 36.4 Å². The average molecular weight is 435 g/mol. The lowest BCUT2D eigenvalue weighted by molar-refractivity contribution is 0.144. The van der Waals surface area contributed by atoms with E-state index in [2.05, 4.69) is 5.32 Å². The Hall–Kier alpha value is -1.17. The molecule has 27 heavy (non-hydrogen) atoms. The Kier molecular flexibility index (Phi) is 11.6. The first kappa shape index (κ1) is 23.9. The van der Waals surface area contributed by atoms with E-state index >= 15 is 0 Å². The summed E-state index contributed by atoms with van der Waals surface area (Å²) in [6, 6.07) is 11.4. The van der Waals surface area contributed by atoms with E-state index in [0.717, 1.165) is 43.9 Å². The van der Waals surface area contributed by atoms with Gasteiger partial charge < -0.3 is 19.5 Å². The van der Waals surface area contributed by atoms with Crippen LogP contribution in [0.25, 0.3) is 0 Å². The number of rotatable bonds is 11. The van der Waals surface area contributed by atoms with Crippen LogP contribution in [0, 0.1) is 0 Å². The maximum absolute atomic E-state index is 6.04. The molecule has 0 heterocycles. The molecule has 2 aromatic rings. The molecule has 0 radical (unpaired) electrons. The molecule has 0 saturated carbocycles. The van der Waals surface area contributed by atoms with Crippen LogP contribution < -0.4 is 14.8 Å². The van der Waals surface area contributed by atoms with E-state index in [1.165, 1.54) is 0 Å². The molecule has 0 atom stereocenters. The zero-order valence-corrected chi connectivity index (χ0v) is 17.9. The molecule has 0 unspecified atom stereocenters. The molecule has 7 heteroatoms. The van der Waals surface area contributed by atoms with Crippen LogP contribution >= 0.6 is 35.6 Å². The third-order valence-corrected chi connectivity index (χ3v) is 4.52. The fraction of sp³-hybridized carbons (Fsp3) is 0.400. The van der Waals surface area contributed by atoms with E-state index in [4.69, 9.17) is 37.4 Å². The van der Waals surface area contributed by atoms with Crippen molar-refractivity contribution in [2.24, 2.45) is 0 Å². The zero-order valence-electron chi connectivity index (χ0n) is 15.6. The number of hydrogen-bond donors (Lipinski definition) is 1. The van der Waals surface area contributed by atoms with Crippen LogP contribution in [-0.2, 0) is 17.9 Å². The molecule has 0 spiro atoms. The van der Waals surface area contributed by atoms with Crippen molar-refractivity contribution in [3.05, 3.63) is 57.6 Å². The fourth-order valence-electron chi connectivity index (χ4n) is 2.41. The SMILES string of the molecule is CCOCCCNCc1ccc(OCc2ccc(Cl)c(Cl)c2)c(OC)c1.Cl. The topological polar surface area (TPSA) is 39.7 Å². The minimum Gasteiger partial charge on any atom is -0.493 e. The molecule has 0 aliphatic heterocycles. The maximum Gasteiger partial charge on any atom is 0.161 e. The second kappa shape index (κ2) is 13.1. The molecule has 150 valence electrons. The summed E-state index contributed by atoms with van der Waals surface area (Å²) in [5.41, 5.74) is 2.08. The summed E-state index contributed by atoms with van der Waals surface area (Å²) < 4.78 is 16.7. The lowest BCUT2D eigenvalue weighted by Gasteiger charge is -2.13. The van der Waals surface area contributed by atoms with E-state index in [0.29, 0.717) is 28.2 Å². The summed E-state index contributed by atoms with van der Waals surface area (Å²) in [4.78, 5) is 0. The number of nitrogens with one attached hydrogen (secondary N) is 1. The maximum atomic E-state index is 6.04. The Labute approximate surface area is 177 Å². The van der Waals surface area contributed by atoms with Gasteiger partial charge in [0, 0.05) is 19.8 Å². The molecule has 0 aliphatic carbocycles. The molecule has 0 aliphatic rings. The Morgan fingerprint density at radius 3 is 2.44 bits per heavy atom. The summed E-state index contributed by atoms with van der Waals surface area (Å²) in [6.07, 6.45) is 0.996. The molecular formula is C20H26Cl3NO3. The molecule has 1 N–H and O–H groups in total. The lowest BCUT2D eigenvalue weighted by atomic mass is 10.2. The molecule has 0 amide bonds. The van der Waals surface area contributed by atoms with Gasteiger partial charge in [0.15, 0.2) is 11.5 Å². The summed E-state index contributed by atoms with van der Waals surface area (Å²) in [5.74, 6) is 1.40. The zero-order chi connectivity index (χ0) is 18.8. The first-order chi connectivity index (χ1) is 12.6. The number of halogens is 3. The Bertz CT molecular complexity index is 698. The lowest BCUT2D eigenvalue weighted by Crippen LogP contribution is -2.16. The van der Waals surface area contributed by atoms with E-state index < -0.39 is 0 Å². The van der Waals surface area contributed by atoms with Crippen molar-refractivity contribution >= 4 is 35.6 Å². The molecule has 2 aromatic carbocycles. The standard InChI is InChI=1S/C20H25Cl2NO3.ClH/c1-3-25-10-4-9-23-13-15-6-8-19(20(12-15)24-2)26-14-16-5-7-17(21)18(22)11-16;/h5-8,11-12,23H,3-4,9-10,13-14H2,1-2H3;1H. The highest BCUT2D eigenvalue weighted by molar-refractivity contribution is 6.42. The highest BCUT2D eigenvalue weighted by atomic mass is 35.5. The first-order valence-electron chi connectivity index (χ1n) is 8.66. The van der Waals surface area contributed by atoms with Gasteiger partial charge in [-0.2, -0.15) is 0 Å². The van der Waals surface area contributed by atoms with Crippen LogP contribution in [0.1, 0.15) is 24.5 Å². The van der Waals surface area contributed by atoms with Crippen molar-refractivity contribution in [1.82, 2.24) is 5.32 Å². The van der Waals surface area contributed by atoms with Crippen molar-refractivity contribution in [2.75, 3.05) is 26.9 Å². The summed E-state index contributed by atoms with van der Waals surface area (Å²) in [6.45, 7) is 5.63. The third-order valence-electron chi connectivity index (χ3n) is 3.78.